The first-order valence-electron chi connectivity index (χ1n) is 11.6. The largest absolute Gasteiger partial charge is 0.493 e. The number of hydrogen-bond donors (Lipinski definition) is 1. The number of benzene rings is 1. The lowest BCUT2D eigenvalue weighted by atomic mass is 10.1. The van der Waals surface area contributed by atoms with Gasteiger partial charge in [0.05, 0.1) is 50.6 Å². The molecule has 2 fully saturated rings. The highest BCUT2D eigenvalue weighted by atomic mass is 19.1. The molecule has 3 atom stereocenters. The highest BCUT2D eigenvalue weighted by Gasteiger charge is 2.58. The number of piperidine rings is 1. The fourth-order valence-electron chi connectivity index (χ4n) is 4.89. The van der Waals surface area contributed by atoms with Crippen LogP contribution in [-0.4, -0.2) is 61.9 Å². The Balaban J connectivity index is 1.52. The van der Waals surface area contributed by atoms with Gasteiger partial charge < -0.3 is 14.8 Å². The Morgan fingerprint density at radius 1 is 1.08 bits per heavy atom. The molecule has 2 aliphatic rings. The van der Waals surface area contributed by atoms with E-state index >= 15 is 8.78 Å². The number of aromatic nitrogens is 6. The standard InChI is InChI=1S/C24H22F2N8O3/c1-33-10-11(7-29-33)13-8-27-14-9-28-24(32-23(14)30-13)34(21-12-4-5-17(35)31-20(12)21)22-18(25)15(36-2)6-16(37-3)19(22)26/h6-10,12,20-21H,4-5H2,1-3H3,(H,31,35)/t12?,20?,21-/m1/s1. The number of hydrogen-bond acceptors (Lipinski definition) is 9. The molecule has 4 heterocycles. The number of anilines is 2. The third-order valence-corrected chi connectivity index (χ3v) is 6.75. The third-order valence-electron chi connectivity index (χ3n) is 6.75. The molecule has 4 aromatic rings. The second-order valence-corrected chi connectivity index (χ2v) is 8.95. The van der Waals surface area contributed by atoms with Crippen LogP contribution >= 0.6 is 0 Å². The highest BCUT2D eigenvalue weighted by molar-refractivity contribution is 5.80. The van der Waals surface area contributed by atoms with Crippen LogP contribution in [0.1, 0.15) is 12.8 Å². The quantitative estimate of drug-likeness (QED) is 0.419. The molecule has 1 saturated heterocycles. The summed E-state index contributed by atoms with van der Waals surface area (Å²) in [7, 11) is 4.35. The molecule has 1 aromatic carbocycles. The molecule has 190 valence electrons. The van der Waals surface area contributed by atoms with E-state index < -0.39 is 23.4 Å². The van der Waals surface area contributed by atoms with Gasteiger partial charge in [0, 0.05) is 37.2 Å². The fourth-order valence-corrected chi connectivity index (χ4v) is 4.89. The van der Waals surface area contributed by atoms with Gasteiger partial charge in [0.25, 0.3) is 0 Å². The van der Waals surface area contributed by atoms with Gasteiger partial charge in [-0.25, -0.2) is 23.7 Å². The van der Waals surface area contributed by atoms with Crippen LogP contribution in [0.5, 0.6) is 11.5 Å². The molecule has 0 spiro atoms. The molecular weight excluding hydrogens is 486 g/mol. The van der Waals surface area contributed by atoms with Gasteiger partial charge in [-0.15, -0.1) is 0 Å². The van der Waals surface area contributed by atoms with Gasteiger partial charge in [-0.3, -0.25) is 14.4 Å². The number of aryl methyl sites for hydroxylation is 1. The average Bonchev–Trinajstić information content (AvgIpc) is 3.42. The summed E-state index contributed by atoms with van der Waals surface area (Å²) in [5.74, 6) is -2.42. The number of ether oxygens (including phenoxy) is 2. The third kappa shape index (κ3) is 3.77. The predicted molar refractivity (Wildman–Crippen MR) is 127 cm³/mol. The second kappa shape index (κ2) is 8.61. The van der Waals surface area contributed by atoms with Gasteiger partial charge in [0.1, 0.15) is 11.2 Å². The Labute approximate surface area is 209 Å². The number of carbonyl (C=O) groups excluding carboxylic acids is 1. The van der Waals surface area contributed by atoms with Crippen LogP contribution in [0.2, 0.25) is 0 Å². The van der Waals surface area contributed by atoms with E-state index in [1.807, 2.05) is 0 Å². The lowest BCUT2D eigenvalue weighted by Crippen LogP contribution is -2.34. The molecule has 37 heavy (non-hydrogen) atoms. The van der Waals surface area contributed by atoms with Gasteiger partial charge >= 0.3 is 0 Å². The lowest BCUT2D eigenvalue weighted by molar-refractivity contribution is -0.122. The topological polar surface area (TPSA) is 120 Å². The maximum atomic E-state index is 15.7. The van der Waals surface area contributed by atoms with E-state index in [-0.39, 0.29) is 41.0 Å². The maximum absolute atomic E-state index is 15.7. The van der Waals surface area contributed by atoms with Crippen LogP contribution in [0.25, 0.3) is 22.4 Å². The number of fused-ring (bicyclic) bond motifs is 2. The Morgan fingerprint density at radius 2 is 1.84 bits per heavy atom. The Kier molecular flexibility index (Phi) is 5.35. The molecule has 1 aliphatic heterocycles. The van der Waals surface area contributed by atoms with E-state index in [9.17, 15) is 4.79 Å². The molecule has 6 rings (SSSR count). The fraction of sp³-hybridized carbons (Fsp3) is 0.333. The monoisotopic (exact) mass is 508 g/mol. The van der Waals surface area contributed by atoms with Crippen molar-refractivity contribution in [1.29, 1.82) is 0 Å². The molecule has 0 radical (unpaired) electrons. The minimum atomic E-state index is -0.935. The second-order valence-electron chi connectivity index (χ2n) is 8.95. The number of nitrogens with one attached hydrogen (secondary N) is 1. The number of carbonyl (C=O) groups is 1. The number of nitrogens with zero attached hydrogens (tertiary/aromatic N) is 7. The molecule has 1 saturated carbocycles. The molecule has 2 unspecified atom stereocenters. The number of rotatable bonds is 6. The van der Waals surface area contributed by atoms with Crippen molar-refractivity contribution in [3.8, 4) is 22.8 Å². The minimum absolute atomic E-state index is 0.00638. The van der Waals surface area contributed by atoms with Crippen LogP contribution in [0.15, 0.2) is 30.9 Å². The van der Waals surface area contributed by atoms with E-state index in [2.05, 4.69) is 30.4 Å². The van der Waals surface area contributed by atoms with Crippen molar-refractivity contribution >= 4 is 28.7 Å². The van der Waals surface area contributed by atoms with Crippen molar-refractivity contribution in [2.24, 2.45) is 13.0 Å². The highest BCUT2D eigenvalue weighted by Crippen LogP contribution is 2.50. The van der Waals surface area contributed by atoms with Gasteiger partial charge in [-0.2, -0.15) is 10.1 Å². The first-order chi connectivity index (χ1) is 17.9. The molecule has 11 nitrogen and oxygen atoms in total. The summed E-state index contributed by atoms with van der Waals surface area (Å²) >= 11 is 0. The maximum Gasteiger partial charge on any atom is 0.232 e. The van der Waals surface area contributed by atoms with Crippen LogP contribution < -0.4 is 19.7 Å². The van der Waals surface area contributed by atoms with E-state index in [1.54, 1.807) is 30.3 Å². The number of amides is 1. The van der Waals surface area contributed by atoms with E-state index in [0.29, 0.717) is 24.1 Å². The molecule has 0 bridgehead atoms. The molecule has 1 aliphatic carbocycles. The van der Waals surface area contributed by atoms with Crippen molar-refractivity contribution in [2.75, 3.05) is 19.1 Å². The zero-order valence-electron chi connectivity index (χ0n) is 20.1. The Hall–Kier alpha value is -4.42. The molecular formula is C24H22F2N8O3. The molecule has 13 heteroatoms. The summed E-state index contributed by atoms with van der Waals surface area (Å²) in [6, 6.07) is 0.338. The van der Waals surface area contributed by atoms with Gasteiger partial charge in [0.15, 0.2) is 28.8 Å². The van der Waals surface area contributed by atoms with Gasteiger partial charge in [-0.1, -0.05) is 0 Å². The summed E-state index contributed by atoms with van der Waals surface area (Å²) in [6.45, 7) is 0. The van der Waals surface area contributed by atoms with Crippen molar-refractivity contribution in [1.82, 2.24) is 35.0 Å². The normalized spacial score (nSPS) is 20.4. The first kappa shape index (κ1) is 23.0. The zero-order valence-corrected chi connectivity index (χ0v) is 20.1. The van der Waals surface area contributed by atoms with Crippen molar-refractivity contribution < 1.29 is 23.0 Å². The Morgan fingerprint density at radius 3 is 2.49 bits per heavy atom. The van der Waals surface area contributed by atoms with Crippen LogP contribution in [0.4, 0.5) is 20.4 Å². The van der Waals surface area contributed by atoms with E-state index in [4.69, 9.17) is 9.47 Å². The summed E-state index contributed by atoms with van der Waals surface area (Å²) in [6.07, 6.45) is 7.36. The van der Waals surface area contributed by atoms with Gasteiger partial charge in [0.2, 0.25) is 11.9 Å². The predicted octanol–water partition coefficient (Wildman–Crippen LogP) is 2.53. The van der Waals surface area contributed by atoms with Gasteiger partial charge in [-0.05, 0) is 6.42 Å². The lowest BCUT2D eigenvalue weighted by Gasteiger charge is -2.26. The van der Waals surface area contributed by atoms with Crippen molar-refractivity contribution in [2.45, 2.75) is 24.9 Å². The van der Waals surface area contributed by atoms with Crippen molar-refractivity contribution in [3.63, 3.8) is 0 Å². The molecule has 1 amide bonds. The van der Waals surface area contributed by atoms with Crippen molar-refractivity contribution in [3.05, 3.63) is 42.5 Å². The van der Waals surface area contributed by atoms with Crippen LogP contribution in [0, 0.1) is 17.6 Å². The zero-order chi connectivity index (χ0) is 25.8. The summed E-state index contributed by atoms with van der Waals surface area (Å²) < 4.78 is 43.3. The summed E-state index contributed by atoms with van der Waals surface area (Å²) in [4.78, 5) is 31.3. The Bertz CT molecular complexity index is 1520. The van der Waals surface area contributed by atoms with E-state index in [0.717, 1.165) is 11.6 Å². The smallest absolute Gasteiger partial charge is 0.232 e. The van der Waals surface area contributed by atoms with E-state index in [1.165, 1.54) is 25.3 Å². The van der Waals surface area contributed by atoms with Crippen LogP contribution in [0.3, 0.4) is 0 Å². The first-order valence-corrected chi connectivity index (χ1v) is 11.6. The SMILES string of the molecule is COc1cc(OC)c(F)c(N(c2ncc3ncc(-c4cnn(C)c4)nc3n2)[C@@H]2C3CCC(=O)NC32)c1F. The number of halogens is 2. The number of methoxy groups -OCH3 is 2. The minimum Gasteiger partial charge on any atom is -0.493 e. The van der Waals surface area contributed by atoms with Crippen LogP contribution in [-0.2, 0) is 11.8 Å². The summed E-state index contributed by atoms with van der Waals surface area (Å²) in [5.41, 5.74) is 1.48. The molecule has 1 N–H and O–H groups in total. The summed E-state index contributed by atoms with van der Waals surface area (Å²) in [5, 5.41) is 7.06. The molecule has 3 aromatic heterocycles. The average molecular weight is 508 g/mol.